The van der Waals surface area contributed by atoms with E-state index in [1.807, 2.05) is 25.1 Å². The van der Waals surface area contributed by atoms with Crippen LogP contribution in [0.2, 0.25) is 0 Å². The van der Waals surface area contributed by atoms with Gasteiger partial charge < -0.3 is 18.6 Å². The lowest BCUT2D eigenvalue weighted by Gasteiger charge is -2.10. The monoisotopic (exact) mass is 406 g/mol. The third-order valence-corrected chi connectivity index (χ3v) is 4.37. The zero-order valence-corrected chi connectivity index (χ0v) is 17.0. The molecular formula is C24H22O6. The third kappa shape index (κ3) is 5.17. The van der Waals surface area contributed by atoms with Gasteiger partial charge in [-0.1, -0.05) is 42.0 Å². The summed E-state index contributed by atoms with van der Waals surface area (Å²) in [5.41, 5.74) is 2.53. The molecule has 0 amide bonds. The van der Waals surface area contributed by atoms with Crippen molar-refractivity contribution in [2.24, 2.45) is 0 Å². The smallest absolute Gasteiger partial charge is 0.373 e. The molecule has 1 heterocycles. The fraction of sp³-hybridized carbons (Fsp3) is 0.167. The van der Waals surface area contributed by atoms with E-state index in [0.717, 1.165) is 11.1 Å². The molecule has 154 valence electrons. The normalized spacial score (nSPS) is 10.8. The number of carbonyl (C=O) groups is 2. The zero-order chi connectivity index (χ0) is 21.5. The van der Waals surface area contributed by atoms with E-state index in [1.165, 1.54) is 26.4 Å². The van der Waals surface area contributed by atoms with E-state index < -0.39 is 5.97 Å². The van der Waals surface area contributed by atoms with Gasteiger partial charge in [-0.05, 0) is 42.8 Å². The number of methoxy groups -OCH3 is 2. The fourth-order valence-electron chi connectivity index (χ4n) is 2.71. The zero-order valence-electron chi connectivity index (χ0n) is 17.0. The Morgan fingerprint density at radius 3 is 2.43 bits per heavy atom. The van der Waals surface area contributed by atoms with Gasteiger partial charge in [-0.15, -0.1) is 0 Å². The summed E-state index contributed by atoms with van der Waals surface area (Å²) < 4.78 is 21.1. The Hall–Kier alpha value is -3.80. The quantitative estimate of drug-likeness (QED) is 0.302. The van der Waals surface area contributed by atoms with E-state index in [2.05, 4.69) is 4.74 Å². The van der Waals surface area contributed by atoms with Gasteiger partial charge in [0.15, 0.2) is 17.3 Å². The van der Waals surface area contributed by atoms with Crippen molar-refractivity contribution in [3.63, 3.8) is 0 Å². The van der Waals surface area contributed by atoms with Crippen LogP contribution in [0.3, 0.4) is 0 Å². The minimum Gasteiger partial charge on any atom is -0.493 e. The van der Waals surface area contributed by atoms with Gasteiger partial charge in [0.2, 0.25) is 5.76 Å². The van der Waals surface area contributed by atoms with Crippen molar-refractivity contribution < 1.29 is 28.2 Å². The molecule has 0 aliphatic rings. The van der Waals surface area contributed by atoms with E-state index in [1.54, 1.807) is 36.4 Å². The molecule has 0 saturated carbocycles. The maximum absolute atomic E-state index is 12.3. The molecule has 0 spiro atoms. The number of esters is 1. The summed E-state index contributed by atoms with van der Waals surface area (Å²) in [6.45, 7) is 2.10. The summed E-state index contributed by atoms with van der Waals surface area (Å²) in [4.78, 5) is 23.7. The number of carbonyl (C=O) groups excluding carboxylic acids is 2. The molecule has 0 aliphatic heterocycles. The third-order valence-electron chi connectivity index (χ3n) is 4.37. The van der Waals surface area contributed by atoms with Crippen molar-refractivity contribution in [3.8, 4) is 11.5 Å². The predicted molar refractivity (Wildman–Crippen MR) is 112 cm³/mol. The highest BCUT2D eigenvalue weighted by atomic mass is 16.5. The van der Waals surface area contributed by atoms with Crippen LogP contribution in [-0.4, -0.2) is 26.0 Å². The van der Waals surface area contributed by atoms with Gasteiger partial charge in [-0.3, -0.25) is 4.79 Å². The molecule has 30 heavy (non-hydrogen) atoms. The Morgan fingerprint density at radius 2 is 1.73 bits per heavy atom. The topological polar surface area (TPSA) is 75.0 Å². The molecule has 6 heteroatoms. The largest absolute Gasteiger partial charge is 0.493 e. The summed E-state index contributed by atoms with van der Waals surface area (Å²) in [6.07, 6.45) is 3.25. The number of ketones is 1. The molecular weight excluding hydrogens is 384 g/mol. The average Bonchev–Trinajstić information content (AvgIpc) is 3.25. The highest BCUT2D eigenvalue weighted by Gasteiger charge is 2.12. The van der Waals surface area contributed by atoms with Crippen LogP contribution >= 0.6 is 0 Å². The minimum atomic E-state index is -0.546. The van der Waals surface area contributed by atoms with E-state index in [4.69, 9.17) is 13.9 Å². The number of rotatable bonds is 8. The molecule has 0 fully saturated rings. The second kappa shape index (κ2) is 9.60. The van der Waals surface area contributed by atoms with Crippen LogP contribution in [0.5, 0.6) is 11.5 Å². The van der Waals surface area contributed by atoms with Crippen LogP contribution in [0.25, 0.3) is 6.08 Å². The first-order valence-corrected chi connectivity index (χ1v) is 9.27. The van der Waals surface area contributed by atoms with E-state index in [9.17, 15) is 9.59 Å². The second-order valence-corrected chi connectivity index (χ2v) is 6.52. The fourth-order valence-corrected chi connectivity index (χ4v) is 2.71. The lowest BCUT2D eigenvalue weighted by Crippen LogP contribution is -1.99. The van der Waals surface area contributed by atoms with Crippen LogP contribution in [0.1, 0.15) is 37.8 Å². The van der Waals surface area contributed by atoms with Crippen molar-refractivity contribution in [1.29, 1.82) is 0 Å². The number of aryl methyl sites for hydroxylation is 1. The molecule has 0 radical (unpaired) electrons. The minimum absolute atomic E-state index is 0.0754. The Morgan fingerprint density at radius 1 is 0.967 bits per heavy atom. The molecule has 0 aliphatic carbocycles. The highest BCUT2D eigenvalue weighted by Crippen LogP contribution is 2.29. The first-order valence-electron chi connectivity index (χ1n) is 9.27. The lowest BCUT2D eigenvalue weighted by atomic mass is 10.1. The molecule has 1 aromatic heterocycles. The number of benzene rings is 2. The van der Waals surface area contributed by atoms with Gasteiger partial charge in [-0.25, -0.2) is 4.79 Å². The maximum atomic E-state index is 12.3. The van der Waals surface area contributed by atoms with Gasteiger partial charge >= 0.3 is 5.97 Å². The Kier molecular flexibility index (Phi) is 6.70. The van der Waals surface area contributed by atoms with Crippen molar-refractivity contribution in [2.75, 3.05) is 14.2 Å². The average molecular weight is 406 g/mol. The Labute approximate surface area is 174 Å². The number of ether oxygens (including phenoxy) is 3. The first kappa shape index (κ1) is 20.9. The van der Waals surface area contributed by atoms with Crippen LogP contribution in [0.4, 0.5) is 0 Å². The van der Waals surface area contributed by atoms with Gasteiger partial charge in [0.1, 0.15) is 12.4 Å². The number of furan rings is 1. The van der Waals surface area contributed by atoms with Crippen LogP contribution in [0.15, 0.2) is 65.1 Å². The standard InChI is InChI=1S/C24H22O6/c1-16-4-8-18(9-5-16)20(25)11-6-17-7-12-21(23(14-17)27-2)29-15-19-10-13-22(30-19)24(26)28-3/h4-14H,15H2,1-3H3/b11-6+. The number of hydrogen-bond acceptors (Lipinski definition) is 6. The van der Waals surface area contributed by atoms with Crippen LogP contribution < -0.4 is 9.47 Å². The maximum Gasteiger partial charge on any atom is 0.373 e. The predicted octanol–water partition coefficient (Wildman–Crippen LogP) is 4.86. The summed E-state index contributed by atoms with van der Waals surface area (Å²) in [7, 11) is 2.83. The van der Waals surface area contributed by atoms with Gasteiger partial charge in [-0.2, -0.15) is 0 Å². The molecule has 0 bridgehead atoms. The molecule has 0 saturated heterocycles. The highest BCUT2D eigenvalue weighted by molar-refractivity contribution is 6.06. The molecule has 3 aromatic rings. The first-order chi connectivity index (χ1) is 14.5. The van der Waals surface area contributed by atoms with Crippen molar-refractivity contribution >= 4 is 17.8 Å². The Bertz CT molecular complexity index is 1060. The van der Waals surface area contributed by atoms with E-state index >= 15 is 0 Å². The van der Waals surface area contributed by atoms with E-state index in [0.29, 0.717) is 22.8 Å². The Balaban J connectivity index is 1.67. The summed E-state index contributed by atoms with van der Waals surface area (Å²) in [5, 5.41) is 0. The van der Waals surface area contributed by atoms with E-state index in [-0.39, 0.29) is 18.2 Å². The summed E-state index contributed by atoms with van der Waals surface area (Å²) in [5.74, 6) is 0.991. The molecule has 0 atom stereocenters. The van der Waals surface area contributed by atoms with Crippen molar-refractivity contribution in [2.45, 2.75) is 13.5 Å². The SMILES string of the molecule is COC(=O)c1ccc(COc2ccc(/C=C/C(=O)c3ccc(C)cc3)cc2OC)o1. The molecule has 0 N–H and O–H groups in total. The molecule has 3 rings (SSSR count). The molecule has 6 nitrogen and oxygen atoms in total. The summed E-state index contributed by atoms with van der Waals surface area (Å²) in [6, 6.07) is 15.9. The van der Waals surface area contributed by atoms with Gasteiger partial charge in [0.25, 0.3) is 0 Å². The lowest BCUT2D eigenvalue weighted by molar-refractivity contribution is 0.0560. The number of hydrogen-bond donors (Lipinski definition) is 0. The molecule has 0 unspecified atom stereocenters. The van der Waals surface area contributed by atoms with Crippen molar-refractivity contribution in [1.82, 2.24) is 0 Å². The second-order valence-electron chi connectivity index (χ2n) is 6.52. The van der Waals surface area contributed by atoms with Crippen LogP contribution in [0, 0.1) is 6.92 Å². The molecule has 2 aromatic carbocycles. The van der Waals surface area contributed by atoms with Crippen molar-refractivity contribution in [3.05, 3.63) is 88.9 Å². The summed E-state index contributed by atoms with van der Waals surface area (Å²) >= 11 is 0. The van der Waals surface area contributed by atoms with Crippen LogP contribution in [-0.2, 0) is 11.3 Å². The van der Waals surface area contributed by atoms with Gasteiger partial charge in [0.05, 0.1) is 14.2 Å². The van der Waals surface area contributed by atoms with Gasteiger partial charge in [0, 0.05) is 5.56 Å². The number of allylic oxidation sites excluding steroid dienone is 1.